The fourth-order valence-corrected chi connectivity index (χ4v) is 3.82. The molecule has 0 bridgehead atoms. The summed E-state index contributed by atoms with van der Waals surface area (Å²) in [4.78, 5) is 12.1. The summed E-state index contributed by atoms with van der Waals surface area (Å²) in [6.07, 6.45) is 4.65. The minimum Gasteiger partial charge on any atom is -0.493 e. The number of alkyl halides is 2. The van der Waals surface area contributed by atoms with Gasteiger partial charge in [0.15, 0.2) is 11.5 Å². The number of benzene rings is 1. The molecule has 0 spiro atoms. The van der Waals surface area contributed by atoms with E-state index < -0.39 is 6.61 Å². The molecule has 7 heteroatoms. The van der Waals surface area contributed by atoms with E-state index in [1.807, 2.05) is 0 Å². The van der Waals surface area contributed by atoms with Crippen molar-refractivity contribution in [2.45, 2.75) is 51.0 Å². The zero-order chi connectivity index (χ0) is 18.2. The molecule has 0 unspecified atom stereocenters. The molecule has 0 heterocycles. The van der Waals surface area contributed by atoms with E-state index in [1.54, 1.807) is 12.1 Å². The molecular formula is C18H25F2NO3S. The molecule has 0 aliphatic heterocycles. The summed E-state index contributed by atoms with van der Waals surface area (Å²) in [6.45, 7) is -0.702. The van der Waals surface area contributed by atoms with E-state index in [9.17, 15) is 13.6 Å². The van der Waals surface area contributed by atoms with E-state index in [4.69, 9.17) is 4.74 Å². The fraction of sp³-hybridized carbons (Fsp3) is 0.611. The molecule has 25 heavy (non-hydrogen) atoms. The van der Waals surface area contributed by atoms with Gasteiger partial charge in [-0.2, -0.15) is 8.78 Å². The number of hydrogen-bond acceptors (Lipinski definition) is 4. The molecule has 2 rings (SSSR count). The number of nitrogens with one attached hydrogen (secondary N) is 1. The van der Waals surface area contributed by atoms with Crippen LogP contribution in [0, 0.1) is 5.92 Å². The third kappa shape index (κ3) is 6.38. The van der Waals surface area contributed by atoms with Crippen LogP contribution in [0.4, 0.5) is 8.78 Å². The van der Waals surface area contributed by atoms with Crippen LogP contribution in [0.3, 0.4) is 0 Å². The van der Waals surface area contributed by atoms with Crippen LogP contribution in [0.1, 0.15) is 38.2 Å². The Morgan fingerprint density at radius 3 is 2.76 bits per heavy atom. The van der Waals surface area contributed by atoms with Crippen molar-refractivity contribution < 1.29 is 23.0 Å². The zero-order valence-corrected chi connectivity index (χ0v) is 15.4. The maximum Gasteiger partial charge on any atom is 0.387 e. The van der Waals surface area contributed by atoms with Crippen molar-refractivity contribution in [1.82, 2.24) is 5.32 Å². The van der Waals surface area contributed by atoms with Gasteiger partial charge >= 0.3 is 6.61 Å². The summed E-state index contributed by atoms with van der Waals surface area (Å²) >= 11 is 1.49. The minimum atomic E-state index is -2.89. The average molecular weight is 373 g/mol. The molecule has 0 radical (unpaired) electrons. The number of amides is 1. The Labute approximate surface area is 151 Å². The van der Waals surface area contributed by atoms with Gasteiger partial charge in [0.1, 0.15) is 0 Å². The highest BCUT2D eigenvalue weighted by atomic mass is 32.2. The van der Waals surface area contributed by atoms with Crippen LogP contribution in [-0.4, -0.2) is 31.4 Å². The minimum absolute atomic E-state index is 0.00952. The molecule has 0 saturated heterocycles. The summed E-state index contributed by atoms with van der Waals surface area (Å²) in [5.41, 5.74) is 0.891. The summed E-state index contributed by atoms with van der Waals surface area (Å²) in [5.74, 6) is 1.83. The van der Waals surface area contributed by atoms with E-state index in [0.717, 1.165) is 12.0 Å². The van der Waals surface area contributed by atoms with Crippen LogP contribution in [-0.2, 0) is 10.5 Å². The lowest BCUT2D eigenvalue weighted by atomic mass is 9.86. The van der Waals surface area contributed by atoms with Crippen LogP contribution in [0.2, 0.25) is 0 Å². The summed E-state index contributed by atoms with van der Waals surface area (Å²) in [5, 5.41) is 3.12. The first-order valence-electron chi connectivity index (χ1n) is 8.48. The molecule has 140 valence electrons. The molecule has 1 amide bonds. The Bertz CT molecular complexity index is 571. The maximum atomic E-state index is 12.3. The van der Waals surface area contributed by atoms with Gasteiger partial charge in [-0.25, -0.2) is 0 Å². The number of halogens is 2. The monoisotopic (exact) mass is 373 g/mol. The number of methoxy groups -OCH3 is 1. The molecule has 1 N–H and O–H groups in total. The van der Waals surface area contributed by atoms with Gasteiger partial charge in [-0.05, 0) is 36.5 Å². The Kier molecular flexibility index (Phi) is 7.81. The van der Waals surface area contributed by atoms with Crippen LogP contribution >= 0.6 is 11.8 Å². The number of thioether (sulfide) groups is 1. The highest BCUT2D eigenvalue weighted by Crippen LogP contribution is 2.30. The zero-order valence-electron chi connectivity index (χ0n) is 14.6. The summed E-state index contributed by atoms with van der Waals surface area (Å²) < 4.78 is 34.1. The van der Waals surface area contributed by atoms with E-state index >= 15 is 0 Å². The molecule has 0 aromatic heterocycles. The first-order chi connectivity index (χ1) is 12.0. The summed E-state index contributed by atoms with van der Waals surface area (Å²) in [6, 6.07) is 5.11. The molecule has 2 atom stereocenters. The molecule has 1 fully saturated rings. The van der Waals surface area contributed by atoms with Crippen LogP contribution in [0.15, 0.2) is 18.2 Å². The van der Waals surface area contributed by atoms with Gasteiger partial charge in [-0.3, -0.25) is 4.79 Å². The number of rotatable bonds is 8. The van der Waals surface area contributed by atoms with Gasteiger partial charge in [-0.15, -0.1) is 11.8 Å². The average Bonchev–Trinajstić information content (AvgIpc) is 2.57. The van der Waals surface area contributed by atoms with Crippen molar-refractivity contribution in [2.75, 3.05) is 12.9 Å². The van der Waals surface area contributed by atoms with Crippen molar-refractivity contribution in [2.24, 2.45) is 5.92 Å². The van der Waals surface area contributed by atoms with Gasteiger partial charge < -0.3 is 14.8 Å². The lowest BCUT2D eigenvalue weighted by molar-refractivity contribution is -0.119. The van der Waals surface area contributed by atoms with E-state index in [0.29, 0.717) is 17.4 Å². The lowest BCUT2D eigenvalue weighted by Crippen LogP contribution is -2.41. The van der Waals surface area contributed by atoms with Crippen molar-refractivity contribution >= 4 is 17.7 Å². The molecule has 1 saturated carbocycles. The van der Waals surface area contributed by atoms with E-state index in [-0.39, 0.29) is 23.4 Å². The van der Waals surface area contributed by atoms with E-state index in [2.05, 4.69) is 17.0 Å². The molecular weight excluding hydrogens is 348 g/mol. The standard InChI is InChI=1S/C18H25F2NO3S/c1-12-5-3-4-6-14(12)21-17(22)11-25-10-13-7-8-15(24-18(19)20)16(9-13)23-2/h7-9,12,14,18H,3-6,10-11H2,1-2H3,(H,21,22)/t12-,14+/m0/s1. The first-order valence-corrected chi connectivity index (χ1v) is 9.64. The maximum absolute atomic E-state index is 12.3. The summed E-state index contributed by atoms with van der Waals surface area (Å²) in [7, 11) is 1.41. The second-order valence-corrected chi connectivity index (χ2v) is 7.28. The molecule has 1 aromatic rings. The molecule has 1 aromatic carbocycles. The smallest absolute Gasteiger partial charge is 0.387 e. The Balaban J connectivity index is 1.79. The molecule has 1 aliphatic carbocycles. The SMILES string of the molecule is COc1cc(CSCC(=O)N[C@@H]2CCCC[C@@H]2C)ccc1OC(F)F. The molecule has 1 aliphatic rings. The molecule has 4 nitrogen and oxygen atoms in total. The fourth-order valence-electron chi connectivity index (χ4n) is 3.04. The van der Waals surface area contributed by atoms with Crippen molar-refractivity contribution in [3.8, 4) is 11.5 Å². The topological polar surface area (TPSA) is 47.6 Å². The lowest BCUT2D eigenvalue weighted by Gasteiger charge is -2.29. The first kappa shape index (κ1) is 19.8. The van der Waals surface area contributed by atoms with Crippen LogP contribution < -0.4 is 14.8 Å². The largest absolute Gasteiger partial charge is 0.493 e. The normalized spacial score (nSPS) is 20.4. The van der Waals surface area contributed by atoms with Gasteiger partial charge in [0.2, 0.25) is 5.91 Å². The number of hydrogen-bond donors (Lipinski definition) is 1. The Hall–Kier alpha value is -1.50. The Morgan fingerprint density at radius 2 is 2.08 bits per heavy atom. The predicted molar refractivity (Wildman–Crippen MR) is 95.4 cm³/mol. The Morgan fingerprint density at radius 1 is 1.32 bits per heavy atom. The van der Waals surface area contributed by atoms with Gasteiger partial charge in [0.25, 0.3) is 0 Å². The number of carbonyl (C=O) groups excluding carboxylic acids is 1. The van der Waals surface area contributed by atoms with Gasteiger partial charge in [0, 0.05) is 11.8 Å². The van der Waals surface area contributed by atoms with Crippen LogP contribution in [0.25, 0.3) is 0 Å². The number of ether oxygens (including phenoxy) is 2. The van der Waals surface area contributed by atoms with Gasteiger partial charge in [-0.1, -0.05) is 25.8 Å². The predicted octanol–water partition coefficient (Wildman–Crippen LogP) is 4.22. The van der Waals surface area contributed by atoms with Gasteiger partial charge in [0.05, 0.1) is 12.9 Å². The van der Waals surface area contributed by atoms with Crippen molar-refractivity contribution in [3.63, 3.8) is 0 Å². The second-order valence-electron chi connectivity index (χ2n) is 6.29. The highest BCUT2D eigenvalue weighted by molar-refractivity contribution is 7.99. The quantitative estimate of drug-likeness (QED) is 0.741. The van der Waals surface area contributed by atoms with Crippen molar-refractivity contribution in [1.29, 1.82) is 0 Å². The number of carbonyl (C=O) groups is 1. The second kappa shape index (κ2) is 9.85. The third-order valence-corrected chi connectivity index (χ3v) is 5.41. The van der Waals surface area contributed by atoms with Crippen molar-refractivity contribution in [3.05, 3.63) is 23.8 Å². The highest BCUT2D eigenvalue weighted by Gasteiger charge is 2.22. The van der Waals surface area contributed by atoms with E-state index in [1.165, 1.54) is 44.2 Å². The van der Waals surface area contributed by atoms with Crippen LogP contribution in [0.5, 0.6) is 11.5 Å². The third-order valence-electron chi connectivity index (χ3n) is 4.40.